The molecule has 126 valence electrons. The van der Waals surface area contributed by atoms with Gasteiger partial charge in [0.05, 0.1) is 5.92 Å². The fraction of sp³-hybridized carbons (Fsp3) is 0.167. The number of amides is 1. The summed E-state index contributed by atoms with van der Waals surface area (Å²) in [5.74, 6) is -1.90. The first-order valence-electron chi connectivity index (χ1n) is 7.71. The molecule has 3 aromatic rings. The summed E-state index contributed by atoms with van der Waals surface area (Å²) in [7, 11) is 0. The zero-order valence-corrected chi connectivity index (χ0v) is 13.0. The fourth-order valence-corrected chi connectivity index (χ4v) is 2.92. The minimum Gasteiger partial charge on any atom is -0.481 e. The van der Waals surface area contributed by atoms with Crippen molar-refractivity contribution in [3.63, 3.8) is 0 Å². The number of carbonyl (C=O) groups is 2. The van der Waals surface area contributed by atoms with Gasteiger partial charge in [-0.15, -0.1) is 0 Å². The summed E-state index contributed by atoms with van der Waals surface area (Å²) in [6.45, 7) is 0.138. The number of benzene rings is 2. The van der Waals surface area contributed by atoms with Crippen LogP contribution in [0, 0.1) is 11.7 Å². The maximum Gasteiger partial charge on any atom is 0.308 e. The third kappa shape index (κ3) is 2.73. The molecule has 25 heavy (non-hydrogen) atoms. The predicted molar refractivity (Wildman–Crippen MR) is 87.5 cm³/mol. The Morgan fingerprint density at radius 2 is 2.00 bits per heavy atom. The molecule has 0 unspecified atom stereocenters. The molecule has 0 aliphatic carbocycles. The zero-order chi connectivity index (χ0) is 17.6. The van der Waals surface area contributed by atoms with Crippen LogP contribution in [0.1, 0.15) is 6.42 Å². The molecule has 1 saturated heterocycles. The van der Waals surface area contributed by atoms with E-state index in [-0.39, 0.29) is 24.7 Å². The van der Waals surface area contributed by atoms with Crippen LogP contribution in [0.15, 0.2) is 46.9 Å². The van der Waals surface area contributed by atoms with Crippen molar-refractivity contribution in [2.24, 2.45) is 5.92 Å². The van der Waals surface area contributed by atoms with Crippen molar-refractivity contribution in [3.05, 3.63) is 48.3 Å². The highest BCUT2D eigenvalue weighted by Gasteiger charge is 2.35. The van der Waals surface area contributed by atoms with Crippen molar-refractivity contribution in [3.8, 4) is 11.5 Å². The van der Waals surface area contributed by atoms with Gasteiger partial charge in [-0.05, 0) is 36.4 Å². The third-order valence-corrected chi connectivity index (χ3v) is 4.25. The van der Waals surface area contributed by atoms with Gasteiger partial charge in [0.25, 0.3) is 0 Å². The molecule has 0 bridgehead atoms. The minimum atomic E-state index is -0.977. The summed E-state index contributed by atoms with van der Waals surface area (Å²) in [4.78, 5) is 29.0. The molecule has 1 N–H and O–H groups in total. The van der Waals surface area contributed by atoms with Crippen LogP contribution >= 0.6 is 0 Å². The minimum absolute atomic E-state index is 0.00932. The summed E-state index contributed by atoms with van der Waals surface area (Å²) >= 11 is 0. The highest BCUT2D eigenvalue weighted by atomic mass is 19.1. The van der Waals surface area contributed by atoms with E-state index >= 15 is 0 Å². The smallest absolute Gasteiger partial charge is 0.308 e. The van der Waals surface area contributed by atoms with E-state index in [1.54, 1.807) is 30.3 Å². The largest absolute Gasteiger partial charge is 0.481 e. The molecule has 1 atom stereocenters. The molecule has 1 aliphatic heterocycles. The van der Waals surface area contributed by atoms with E-state index in [2.05, 4.69) is 4.98 Å². The van der Waals surface area contributed by atoms with Gasteiger partial charge in [-0.3, -0.25) is 9.59 Å². The summed E-state index contributed by atoms with van der Waals surface area (Å²) in [6, 6.07) is 10.9. The molecular weight excluding hydrogens is 327 g/mol. The number of oxazole rings is 1. The van der Waals surface area contributed by atoms with Gasteiger partial charge in [-0.25, -0.2) is 9.37 Å². The zero-order valence-electron chi connectivity index (χ0n) is 13.0. The first-order chi connectivity index (χ1) is 12.0. The Balaban J connectivity index is 1.68. The molecule has 7 heteroatoms. The summed E-state index contributed by atoms with van der Waals surface area (Å²) in [5.41, 5.74) is 2.29. The fourth-order valence-electron chi connectivity index (χ4n) is 2.92. The number of hydrogen-bond acceptors (Lipinski definition) is 4. The van der Waals surface area contributed by atoms with Gasteiger partial charge >= 0.3 is 5.97 Å². The SMILES string of the molecule is O=C(O)[C@@H]1CC(=O)N(c2ccc3nc(-c4ccc(F)cc4)oc3c2)C1. The van der Waals surface area contributed by atoms with Gasteiger partial charge in [-0.1, -0.05) is 0 Å². The number of fused-ring (bicyclic) bond motifs is 1. The normalized spacial score (nSPS) is 17.4. The first-order valence-corrected chi connectivity index (χ1v) is 7.71. The van der Waals surface area contributed by atoms with E-state index in [1.165, 1.54) is 17.0 Å². The lowest BCUT2D eigenvalue weighted by molar-refractivity contribution is -0.141. The molecule has 0 radical (unpaired) electrons. The van der Waals surface area contributed by atoms with Crippen LogP contribution < -0.4 is 4.90 Å². The van der Waals surface area contributed by atoms with E-state index < -0.39 is 11.9 Å². The molecule has 4 rings (SSSR count). The van der Waals surface area contributed by atoms with Gasteiger partial charge in [0.15, 0.2) is 5.58 Å². The number of anilines is 1. The van der Waals surface area contributed by atoms with Gasteiger partial charge in [0, 0.05) is 30.3 Å². The monoisotopic (exact) mass is 340 g/mol. The lowest BCUT2D eigenvalue weighted by atomic mass is 10.1. The van der Waals surface area contributed by atoms with Crippen LogP contribution in [0.3, 0.4) is 0 Å². The van der Waals surface area contributed by atoms with Crippen molar-refractivity contribution in [1.29, 1.82) is 0 Å². The highest BCUT2D eigenvalue weighted by Crippen LogP contribution is 2.30. The Bertz CT molecular complexity index is 980. The maximum absolute atomic E-state index is 13.0. The van der Waals surface area contributed by atoms with Crippen molar-refractivity contribution >= 4 is 28.7 Å². The number of aliphatic carboxylic acids is 1. The molecule has 0 spiro atoms. The quantitative estimate of drug-likeness (QED) is 0.792. The first kappa shape index (κ1) is 15.3. The van der Waals surface area contributed by atoms with Gasteiger partial charge in [-0.2, -0.15) is 0 Å². The Kier molecular flexibility index (Phi) is 3.49. The van der Waals surface area contributed by atoms with E-state index in [1.807, 2.05) is 0 Å². The lowest BCUT2D eigenvalue weighted by Gasteiger charge is -2.15. The number of aromatic nitrogens is 1. The van der Waals surface area contributed by atoms with Crippen molar-refractivity contribution in [2.75, 3.05) is 11.4 Å². The standard InChI is InChI=1S/C18H13FN2O4/c19-12-3-1-10(2-4-12)17-20-14-6-5-13(8-15(14)25-17)21-9-11(18(23)24)7-16(21)22/h1-6,8,11H,7,9H2,(H,23,24)/t11-/m1/s1. The Hall–Kier alpha value is -3.22. The number of carboxylic acids is 1. The van der Waals surface area contributed by atoms with Crippen molar-refractivity contribution in [1.82, 2.24) is 4.98 Å². The topological polar surface area (TPSA) is 83.6 Å². The summed E-state index contributed by atoms with van der Waals surface area (Å²) in [5, 5.41) is 9.08. The summed E-state index contributed by atoms with van der Waals surface area (Å²) < 4.78 is 18.7. The Morgan fingerprint density at radius 3 is 2.68 bits per heavy atom. The maximum atomic E-state index is 13.0. The molecular formula is C18H13FN2O4. The number of hydrogen-bond donors (Lipinski definition) is 1. The number of halogens is 1. The molecule has 1 aliphatic rings. The van der Waals surface area contributed by atoms with E-state index in [0.717, 1.165) is 0 Å². The second-order valence-corrected chi connectivity index (χ2v) is 5.92. The molecule has 1 aromatic heterocycles. The summed E-state index contributed by atoms with van der Waals surface area (Å²) in [6.07, 6.45) is -0.00932. The Morgan fingerprint density at radius 1 is 1.24 bits per heavy atom. The Labute approximate surface area is 141 Å². The predicted octanol–water partition coefficient (Wildman–Crippen LogP) is 3.07. The van der Waals surface area contributed by atoms with Crippen molar-refractivity contribution in [2.45, 2.75) is 6.42 Å². The van der Waals surface area contributed by atoms with Crippen LogP contribution in [0.2, 0.25) is 0 Å². The number of nitrogens with zero attached hydrogens (tertiary/aromatic N) is 2. The van der Waals surface area contributed by atoms with Crippen LogP contribution in [0.4, 0.5) is 10.1 Å². The number of carbonyl (C=O) groups excluding carboxylic acids is 1. The van der Waals surface area contributed by atoms with Crippen LogP contribution in [0.5, 0.6) is 0 Å². The van der Waals surface area contributed by atoms with Gasteiger partial charge in [0.2, 0.25) is 11.8 Å². The average molecular weight is 340 g/mol. The van der Waals surface area contributed by atoms with Crippen LogP contribution in [-0.4, -0.2) is 28.5 Å². The molecule has 6 nitrogen and oxygen atoms in total. The van der Waals surface area contributed by atoms with Crippen LogP contribution in [0.25, 0.3) is 22.6 Å². The lowest BCUT2D eigenvalue weighted by Crippen LogP contribution is -2.25. The van der Waals surface area contributed by atoms with E-state index in [4.69, 9.17) is 9.52 Å². The molecule has 2 aromatic carbocycles. The molecule has 1 fully saturated rings. The third-order valence-electron chi connectivity index (χ3n) is 4.25. The average Bonchev–Trinajstić information content (AvgIpc) is 3.18. The highest BCUT2D eigenvalue weighted by molar-refractivity contribution is 6.00. The number of carboxylic acid groups (broad SMARTS) is 1. The van der Waals surface area contributed by atoms with Crippen molar-refractivity contribution < 1.29 is 23.5 Å². The number of rotatable bonds is 3. The van der Waals surface area contributed by atoms with E-state index in [0.29, 0.717) is 28.2 Å². The molecule has 0 saturated carbocycles. The molecule has 2 heterocycles. The van der Waals surface area contributed by atoms with E-state index in [9.17, 15) is 14.0 Å². The molecule has 1 amide bonds. The van der Waals surface area contributed by atoms with Crippen LogP contribution in [-0.2, 0) is 9.59 Å². The van der Waals surface area contributed by atoms with Gasteiger partial charge in [0.1, 0.15) is 11.3 Å². The second kappa shape index (κ2) is 5.70. The van der Waals surface area contributed by atoms with Gasteiger partial charge < -0.3 is 14.4 Å². The second-order valence-electron chi connectivity index (χ2n) is 5.92.